The lowest BCUT2D eigenvalue weighted by molar-refractivity contribution is 0.0264. The molecule has 0 atom stereocenters. The fourth-order valence-corrected chi connectivity index (χ4v) is 2.54. The fourth-order valence-electron chi connectivity index (χ4n) is 2.54. The second-order valence-corrected chi connectivity index (χ2v) is 5.27. The van der Waals surface area contributed by atoms with Crippen LogP contribution >= 0.6 is 0 Å². The molecule has 0 saturated heterocycles. The number of rotatable bonds is 5. The van der Waals surface area contributed by atoms with Crippen LogP contribution in [0.4, 0.5) is 0 Å². The lowest BCUT2D eigenvalue weighted by Crippen LogP contribution is -2.39. The normalized spacial score (nSPS) is 21.8. The van der Waals surface area contributed by atoms with Crippen LogP contribution in [-0.4, -0.2) is 42.7 Å². The maximum Gasteiger partial charge on any atom is 0.253 e. The zero-order valence-corrected chi connectivity index (χ0v) is 11.5. The number of amides is 1. The van der Waals surface area contributed by atoms with E-state index in [2.05, 4.69) is 0 Å². The topological polar surface area (TPSA) is 49.8 Å². The number of methoxy groups -OCH3 is 1. The molecule has 104 valence electrons. The van der Waals surface area contributed by atoms with Crippen molar-refractivity contribution < 1.29 is 14.6 Å². The summed E-state index contributed by atoms with van der Waals surface area (Å²) in [7, 11) is 3.44. The van der Waals surface area contributed by atoms with Gasteiger partial charge < -0.3 is 14.7 Å². The van der Waals surface area contributed by atoms with Gasteiger partial charge in [-0.2, -0.15) is 0 Å². The number of hydrogen-bond donors (Lipinski definition) is 1. The van der Waals surface area contributed by atoms with E-state index in [0.29, 0.717) is 24.6 Å². The molecule has 0 aromatic heterocycles. The molecule has 1 aliphatic carbocycles. The number of aliphatic hydroxyl groups excluding tert-OH is 1. The van der Waals surface area contributed by atoms with Gasteiger partial charge in [0, 0.05) is 26.3 Å². The monoisotopic (exact) mass is 263 g/mol. The number of hydrogen-bond acceptors (Lipinski definition) is 3. The van der Waals surface area contributed by atoms with Gasteiger partial charge in [-0.05, 0) is 30.4 Å². The highest BCUT2D eigenvalue weighted by atomic mass is 16.5. The molecule has 4 nitrogen and oxygen atoms in total. The molecule has 1 fully saturated rings. The second-order valence-electron chi connectivity index (χ2n) is 5.27. The van der Waals surface area contributed by atoms with Gasteiger partial charge in [0.15, 0.2) is 0 Å². The Bertz CT molecular complexity index is 441. The van der Waals surface area contributed by atoms with Gasteiger partial charge >= 0.3 is 0 Å². The number of carbonyl (C=O) groups excluding carboxylic acids is 1. The van der Waals surface area contributed by atoms with Crippen LogP contribution in [0, 0.1) is 5.92 Å². The predicted molar refractivity (Wildman–Crippen MR) is 72.8 cm³/mol. The summed E-state index contributed by atoms with van der Waals surface area (Å²) in [4.78, 5) is 14.1. The van der Waals surface area contributed by atoms with Crippen LogP contribution in [0.15, 0.2) is 24.3 Å². The van der Waals surface area contributed by atoms with Gasteiger partial charge in [-0.25, -0.2) is 0 Å². The minimum absolute atomic E-state index is 0.0223. The number of nitrogens with zero attached hydrogens (tertiary/aromatic N) is 1. The smallest absolute Gasteiger partial charge is 0.253 e. The Labute approximate surface area is 114 Å². The largest absolute Gasteiger partial charge is 0.393 e. The first kappa shape index (κ1) is 14.0. The first-order valence-corrected chi connectivity index (χ1v) is 6.62. The summed E-state index contributed by atoms with van der Waals surface area (Å²) in [6.45, 7) is 1.15. The van der Waals surface area contributed by atoms with E-state index in [1.807, 2.05) is 31.3 Å². The SMILES string of the molecule is COCc1ccccc1C(=O)N(C)CC1CC(O)C1. The van der Waals surface area contributed by atoms with Crippen molar-refractivity contribution in [2.24, 2.45) is 5.92 Å². The second kappa shape index (κ2) is 6.17. The minimum Gasteiger partial charge on any atom is -0.393 e. The maximum atomic E-state index is 12.4. The van der Waals surface area contributed by atoms with Gasteiger partial charge in [0.2, 0.25) is 0 Å². The van der Waals surface area contributed by atoms with Crippen molar-refractivity contribution in [2.45, 2.75) is 25.6 Å². The Hall–Kier alpha value is -1.39. The van der Waals surface area contributed by atoms with E-state index in [0.717, 1.165) is 18.4 Å². The summed E-state index contributed by atoms with van der Waals surface area (Å²) in [5, 5.41) is 9.28. The third kappa shape index (κ3) is 3.33. The first-order valence-electron chi connectivity index (χ1n) is 6.62. The molecule has 1 N–H and O–H groups in total. The average molecular weight is 263 g/mol. The van der Waals surface area contributed by atoms with Crippen molar-refractivity contribution in [1.29, 1.82) is 0 Å². The molecule has 0 unspecified atom stereocenters. The van der Waals surface area contributed by atoms with Crippen molar-refractivity contribution >= 4 is 5.91 Å². The van der Waals surface area contributed by atoms with E-state index < -0.39 is 0 Å². The van der Waals surface area contributed by atoms with Gasteiger partial charge in [0.1, 0.15) is 0 Å². The highest BCUT2D eigenvalue weighted by Gasteiger charge is 2.29. The van der Waals surface area contributed by atoms with Gasteiger partial charge in [-0.3, -0.25) is 4.79 Å². The Morgan fingerprint density at radius 3 is 2.74 bits per heavy atom. The number of aliphatic hydroxyl groups is 1. The summed E-state index contributed by atoms with van der Waals surface area (Å²) in [6.07, 6.45) is 1.43. The Balaban J connectivity index is 2.01. The van der Waals surface area contributed by atoms with E-state index in [1.54, 1.807) is 12.0 Å². The molecule has 1 aromatic carbocycles. The van der Waals surface area contributed by atoms with Crippen LogP contribution in [0.5, 0.6) is 0 Å². The molecule has 1 aliphatic rings. The zero-order valence-electron chi connectivity index (χ0n) is 11.5. The molecule has 0 radical (unpaired) electrons. The van der Waals surface area contributed by atoms with Gasteiger partial charge in [-0.1, -0.05) is 18.2 Å². The van der Waals surface area contributed by atoms with E-state index in [-0.39, 0.29) is 12.0 Å². The summed E-state index contributed by atoms with van der Waals surface area (Å²) in [5.74, 6) is 0.451. The molecule has 19 heavy (non-hydrogen) atoms. The molecule has 1 aromatic rings. The van der Waals surface area contributed by atoms with Crippen molar-refractivity contribution in [2.75, 3.05) is 20.7 Å². The number of carbonyl (C=O) groups is 1. The van der Waals surface area contributed by atoms with Crippen molar-refractivity contribution in [1.82, 2.24) is 4.90 Å². The molecule has 1 amide bonds. The summed E-state index contributed by atoms with van der Waals surface area (Å²) < 4.78 is 5.12. The highest BCUT2D eigenvalue weighted by molar-refractivity contribution is 5.95. The summed E-state index contributed by atoms with van der Waals surface area (Å²) >= 11 is 0. The standard InChI is InChI=1S/C15H21NO3/c1-16(9-11-7-13(17)8-11)15(18)14-6-4-3-5-12(14)10-19-2/h3-6,11,13,17H,7-10H2,1-2H3. The molecule has 0 bridgehead atoms. The van der Waals surface area contributed by atoms with E-state index in [4.69, 9.17) is 4.74 Å². The Kier molecular flexibility index (Phi) is 4.56. The fraction of sp³-hybridized carbons (Fsp3) is 0.533. The van der Waals surface area contributed by atoms with Crippen LogP contribution in [0.1, 0.15) is 28.8 Å². The predicted octanol–water partition coefficient (Wildman–Crippen LogP) is 1.68. The van der Waals surface area contributed by atoms with Crippen molar-refractivity contribution in [3.05, 3.63) is 35.4 Å². The lowest BCUT2D eigenvalue weighted by atomic mass is 9.82. The van der Waals surface area contributed by atoms with Crippen molar-refractivity contribution in [3.8, 4) is 0 Å². The van der Waals surface area contributed by atoms with Crippen LogP contribution in [0.2, 0.25) is 0 Å². The Morgan fingerprint density at radius 1 is 1.42 bits per heavy atom. The third-order valence-corrected chi connectivity index (χ3v) is 3.64. The van der Waals surface area contributed by atoms with Crippen LogP contribution < -0.4 is 0 Å². The molecule has 0 heterocycles. The average Bonchev–Trinajstić information content (AvgIpc) is 2.37. The highest BCUT2D eigenvalue weighted by Crippen LogP contribution is 2.28. The first-order chi connectivity index (χ1) is 9.11. The van der Waals surface area contributed by atoms with E-state index in [1.165, 1.54) is 0 Å². The summed E-state index contributed by atoms with van der Waals surface area (Å²) in [6, 6.07) is 7.53. The molecule has 4 heteroatoms. The number of ether oxygens (including phenoxy) is 1. The maximum absolute atomic E-state index is 12.4. The molecular formula is C15H21NO3. The quantitative estimate of drug-likeness (QED) is 0.879. The minimum atomic E-state index is -0.172. The molecular weight excluding hydrogens is 242 g/mol. The van der Waals surface area contributed by atoms with Crippen molar-refractivity contribution in [3.63, 3.8) is 0 Å². The van der Waals surface area contributed by atoms with Crippen LogP contribution in [-0.2, 0) is 11.3 Å². The van der Waals surface area contributed by atoms with Gasteiger partial charge in [-0.15, -0.1) is 0 Å². The lowest BCUT2D eigenvalue weighted by Gasteiger charge is -2.34. The van der Waals surface area contributed by atoms with Gasteiger partial charge in [0.25, 0.3) is 5.91 Å². The third-order valence-electron chi connectivity index (χ3n) is 3.64. The molecule has 2 rings (SSSR count). The van der Waals surface area contributed by atoms with Gasteiger partial charge in [0.05, 0.1) is 12.7 Å². The zero-order chi connectivity index (χ0) is 13.8. The molecule has 1 saturated carbocycles. The Morgan fingerprint density at radius 2 is 2.11 bits per heavy atom. The van der Waals surface area contributed by atoms with E-state index >= 15 is 0 Å². The molecule has 0 spiro atoms. The summed E-state index contributed by atoms with van der Waals surface area (Å²) in [5.41, 5.74) is 1.61. The van der Waals surface area contributed by atoms with Crippen LogP contribution in [0.3, 0.4) is 0 Å². The van der Waals surface area contributed by atoms with E-state index in [9.17, 15) is 9.90 Å². The number of benzene rings is 1. The van der Waals surface area contributed by atoms with Crippen LogP contribution in [0.25, 0.3) is 0 Å². The molecule has 0 aliphatic heterocycles.